The molecule has 0 spiro atoms. The number of halogens is 1. The highest BCUT2D eigenvalue weighted by Gasteiger charge is 2.27. The number of hydrogen-bond acceptors (Lipinski definition) is 2. The van der Waals surface area contributed by atoms with Gasteiger partial charge in [-0.05, 0) is 36.1 Å². The van der Waals surface area contributed by atoms with Crippen LogP contribution < -0.4 is 0 Å². The number of benzene rings is 1. The third-order valence-electron chi connectivity index (χ3n) is 3.62. The van der Waals surface area contributed by atoms with Crippen molar-refractivity contribution >= 4 is 15.9 Å². The first kappa shape index (κ1) is 10.8. The lowest BCUT2D eigenvalue weighted by molar-refractivity contribution is 0.0326. The Balaban J connectivity index is 1.74. The van der Waals surface area contributed by atoms with E-state index in [1.807, 2.05) is 0 Å². The van der Waals surface area contributed by atoms with E-state index in [9.17, 15) is 0 Å². The van der Waals surface area contributed by atoms with Gasteiger partial charge in [0.1, 0.15) is 0 Å². The predicted molar refractivity (Wildman–Crippen MR) is 67.2 cm³/mol. The molecule has 1 saturated heterocycles. The van der Waals surface area contributed by atoms with Crippen molar-refractivity contribution in [3.05, 3.63) is 33.8 Å². The first-order chi connectivity index (χ1) is 7.83. The smallest absolute Gasteiger partial charge is 0.0480 e. The summed E-state index contributed by atoms with van der Waals surface area (Å²) in [6, 6.07) is 7.37. The molecule has 3 heteroatoms. The molecule has 1 aromatic rings. The lowest BCUT2D eigenvalue weighted by Crippen LogP contribution is -2.35. The second-order valence-corrected chi connectivity index (χ2v) is 5.58. The molecule has 0 atom stereocenters. The van der Waals surface area contributed by atoms with Crippen LogP contribution >= 0.6 is 15.9 Å². The van der Waals surface area contributed by atoms with Gasteiger partial charge >= 0.3 is 0 Å². The van der Waals surface area contributed by atoms with Gasteiger partial charge in [0.05, 0.1) is 0 Å². The lowest BCUT2D eigenvalue weighted by Gasteiger charge is -2.30. The van der Waals surface area contributed by atoms with E-state index in [1.54, 1.807) is 0 Å². The van der Waals surface area contributed by atoms with Crippen LogP contribution in [0.2, 0.25) is 0 Å². The minimum Gasteiger partial charge on any atom is -0.381 e. The van der Waals surface area contributed by atoms with Crippen molar-refractivity contribution in [2.24, 2.45) is 0 Å². The Labute approximate surface area is 105 Å². The van der Waals surface area contributed by atoms with E-state index in [-0.39, 0.29) is 0 Å². The number of hydrogen-bond donors (Lipinski definition) is 0. The maximum absolute atomic E-state index is 5.42. The summed E-state index contributed by atoms with van der Waals surface area (Å²) >= 11 is 3.54. The molecular weight excluding hydrogens is 266 g/mol. The van der Waals surface area contributed by atoms with Crippen LogP contribution in [0.5, 0.6) is 0 Å². The molecule has 0 aliphatic carbocycles. The van der Waals surface area contributed by atoms with Gasteiger partial charge in [-0.3, -0.25) is 4.90 Å². The number of ether oxygens (including phenoxy) is 1. The zero-order valence-electron chi connectivity index (χ0n) is 9.29. The second-order valence-electron chi connectivity index (χ2n) is 4.66. The summed E-state index contributed by atoms with van der Waals surface area (Å²) in [6.07, 6.45) is 2.38. The van der Waals surface area contributed by atoms with Gasteiger partial charge in [0, 0.05) is 36.8 Å². The fourth-order valence-electron chi connectivity index (χ4n) is 2.70. The zero-order chi connectivity index (χ0) is 11.0. The molecule has 0 saturated carbocycles. The topological polar surface area (TPSA) is 12.5 Å². The Kier molecular flexibility index (Phi) is 3.01. The van der Waals surface area contributed by atoms with Crippen LogP contribution in [0.1, 0.15) is 24.0 Å². The SMILES string of the molecule is Brc1ccc2c(c1)CN(C1CCOCC1)C2. The van der Waals surface area contributed by atoms with Gasteiger partial charge in [-0.15, -0.1) is 0 Å². The van der Waals surface area contributed by atoms with Gasteiger partial charge in [0.25, 0.3) is 0 Å². The van der Waals surface area contributed by atoms with E-state index < -0.39 is 0 Å². The van der Waals surface area contributed by atoms with Crippen molar-refractivity contribution in [3.63, 3.8) is 0 Å². The van der Waals surface area contributed by atoms with E-state index in [0.29, 0.717) is 0 Å². The molecule has 2 nitrogen and oxygen atoms in total. The summed E-state index contributed by atoms with van der Waals surface area (Å²) in [6.45, 7) is 4.09. The Bertz CT molecular complexity index is 388. The summed E-state index contributed by atoms with van der Waals surface area (Å²) in [5, 5.41) is 0. The van der Waals surface area contributed by atoms with Crippen molar-refractivity contribution in [2.75, 3.05) is 13.2 Å². The van der Waals surface area contributed by atoms with E-state index in [4.69, 9.17) is 4.74 Å². The van der Waals surface area contributed by atoms with E-state index in [0.717, 1.165) is 32.3 Å². The first-order valence-corrected chi connectivity index (χ1v) is 6.71. The molecule has 0 radical (unpaired) electrons. The molecule has 16 heavy (non-hydrogen) atoms. The Morgan fingerprint density at radius 3 is 2.69 bits per heavy atom. The van der Waals surface area contributed by atoms with Gasteiger partial charge in [-0.1, -0.05) is 22.0 Å². The van der Waals surface area contributed by atoms with E-state index in [1.165, 1.54) is 28.4 Å². The van der Waals surface area contributed by atoms with E-state index in [2.05, 4.69) is 39.0 Å². The van der Waals surface area contributed by atoms with Crippen LogP contribution in [0.3, 0.4) is 0 Å². The summed E-state index contributed by atoms with van der Waals surface area (Å²) in [4.78, 5) is 2.60. The highest BCUT2D eigenvalue weighted by molar-refractivity contribution is 9.10. The molecule has 0 N–H and O–H groups in total. The van der Waals surface area contributed by atoms with Crippen molar-refractivity contribution in [3.8, 4) is 0 Å². The molecule has 0 aromatic heterocycles. The third kappa shape index (κ3) is 2.04. The lowest BCUT2D eigenvalue weighted by atomic mass is 10.1. The molecule has 2 aliphatic rings. The molecule has 0 unspecified atom stereocenters. The molecule has 2 heterocycles. The molecule has 0 bridgehead atoms. The summed E-state index contributed by atoms with van der Waals surface area (Å²) in [5.41, 5.74) is 2.98. The van der Waals surface area contributed by atoms with Crippen LogP contribution in [0.4, 0.5) is 0 Å². The first-order valence-electron chi connectivity index (χ1n) is 5.92. The second kappa shape index (κ2) is 4.47. The number of fused-ring (bicyclic) bond motifs is 1. The van der Waals surface area contributed by atoms with Crippen molar-refractivity contribution in [2.45, 2.75) is 32.0 Å². The highest BCUT2D eigenvalue weighted by atomic mass is 79.9. The number of rotatable bonds is 1. The molecule has 1 fully saturated rings. The zero-order valence-corrected chi connectivity index (χ0v) is 10.9. The standard InChI is InChI=1S/C13H16BrNO/c14-12-2-1-10-8-15(9-11(10)7-12)13-3-5-16-6-4-13/h1-2,7,13H,3-6,8-9H2. The largest absolute Gasteiger partial charge is 0.381 e. The average Bonchev–Trinajstić information content (AvgIpc) is 2.73. The molecular formula is C13H16BrNO. The molecule has 1 aromatic carbocycles. The monoisotopic (exact) mass is 281 g/mol. The fourth-order valence-corrected chi connectivity index (χ4v) is 3.11. The quantitative estimate of drug-likeness (QED) is 0.785. The summed E-state index contributed by atoms with van der Waals surface area (Å²) in [7, 11) is 0. The van der Waals surface area contributed by atoms with Crippen molar-refractivity contribution < 1.29 is 4.74 Å². The minimum absolute atomic E-state index is 0.722. The van der Waals surface area contributed by atoms with Crippen LogP contribution in [0.25, 0.3) is 0 Å². The molecule has 86 valence electrons. The van der Waals surface area contributed by atoms with Crippen LogP contribution in [-0.4, -0.2) is 24.2 Å². The molecule has 0 amide bonds. The fraction of sp³-hybridized carbons (Fsp3) is 0.538. The van der Waals surface area contributed by atoms with Gasteiger partial charge < -0.3 is 4.74 Å². The van der Waals surface area contributed by atoms with Crippen molar-refractivity contribution in [1.29, 1.82) is 0 Å². The van der Waals surface area contributed by atoms with Crippen LogP contribution in [0.15, 0.2) is 22.7 Å². The Morgan fingerprint density at radius 2 is 1.88 bits per heavy atom. The van der Waals surface area contributed by atoms with Gasteiger partial charge in [-0.2, -0.15) is 0 Å². The maximum Gasteiger partial charge on any atom is 0.0480 e. The Hall–Kier alpha value is -0.380. The van der Waals surface area contributed by atoms with E-state index >= 15 is 0 Å². The van der Waals surface area contributed by atoms with Crippen molar-refractivity contribution in [1.82, 2.24) is 4.90 Å². The third-order valence-corrected chi connectivity index (χ3v) is 4.12. The predicted octanol–water partition coefficient (Wildman–Crippen LogP) is 2.94. The maximum atomic E-state index is 5.42. The molecule has 2 aliphatic heterocycles. The molecule has 3 rings (SSSR count). The van der Waals surface area contributed by atoms with Crippen LogP contribution in [-0.2, 0) is 17.8 Å². The van der Waals surface area contributed by atoms with Crippen LogP contribution in [0, 0.1) is 0 Å². The average molecular weight is 282 g/mol. The van der Waals surface area contributed by atoms with Gasteiger partial charge in [-0.25, -0.2) is 0 Å². The minimum atomic E-state index is 0.722. The summed E-state index contributed by atoms with van der Waals surface area (Å²) in [5.74, 6) is 0. The summed E-state index contributed by atoms with van der Waals surface area (Å²) < 4.78 is 6.62. The van der Waals surface area contributed by atoms with Gasteiger partial charge in [0.2, 0.25) is 0 Å². The Morgan fingerprint density at radius 1 is 1.12 bits per heavy atom. The van der Waals surface area contributed by atoms with Gasteiger partial charge in [0.15, 0.2) is 0 Å². The normalized spacial score (nSPS) is 22.3. The number of nitrogens with zero attached hydrogens (tertiary/aromatic N) is 1. The highest BCUT2D eigenvalue weighted by Crippen LogP contribution is 2.29.